The fourth-order valence-electron chi connectivity index (χ4n) is 1.75. The predicted molar refractivity (Wildman–Crippen MR) is 65.2 cm³/mol. The van der Waals surface area contributed by atoms with Crippen LogP contribution in [0.15, 0.2) is 18.2 Å². The minimum absolute atomic E-state index is 0.563. The summed E-state index contributed by atoms with van der Waals surface area (Å²) in [5.74, 6) is 0. The third-order valence-corrected chi connectivity index (χ3v) is 3.31. The zero-order valence-electron chi connectivity index (χ0n) is 8.64. The topological polar surface area (TPSA) is 61.0 Å². The first-order valence-electron chi connectivity index (χ1n) is 5.13. The molecule has 1 aliphatic rings. The maximum Gasteiger partial charge on any atom is 0.182 e. The van der Waals surface area contributed by atoms with Crippen molar-refractivity contribution in [2.24, 2.45) is 0 Å². The molecule has 0 spiro atoms. The van der Waals surface area contributed by atoms with E-state index in [4.69, 9.17) is 10.5 Å². The summed E-state index contributed by atoms with van der Waals surface area (Å²) in [6.45, 7) is 1.45. The number of anilines is 1. The molecule has 2 aromatic rings. The van der Waals surface area contributed by atoms with Crippen molar-refractivity contribution in [1.29, 1.82) is 0 Å². The summed E-state index contributed by atoms with van der Waals surface area (Å²) in [7, 11) is 0. The van der Waals surface area contributed by atoms with E-state index >= 15 is 0 Å². The van der Waals surface area contributed by atoms with Gasteiger partial charge in [-0.05, 0) is 24.1 Å². The Balaban J connectivity index is 2.07. The van der Waals surface area contributed by atoms with E-state index in [-0.39, 0.29) is 0 Å². The van der Waals surface area contributed by atoms with Crippen molar-refractivity contribution in [2.45, 2.75) is 6.42 Å². The largest absolute Gasteiger partial charge is 0.376 e. The number of nitrogens with zero attached hydrogens (tertiary/aromatic N) is 2. The van der Waals surface area contributed by atoms with E-state index in [9.17, 15) is 0 Å². The average Bonchev–Trinajstić information content (AvgIpc) is 2.69. The van der Waals surface area contributed by atoms with Crippen LogP contribution in [0.4, 0.5) is 5.13 Å². The van der Waals surface area contributed by atoms with Crippen molar-refractivity contribution < 1.29 is 4.74 Å². The molecule has 3 rings (SSSR count). The zero-order valence-corrected chi connectivity index (χ0v) is 9.46. The quantitative estimate of drug-likeness (QED) is 0.819. The highest BCUT2D eigenvalue weighted by atomic mass is 32.1. The fraction of sp³-hybridized carbons (Fsp3) is 0.273. The van der Waals surface area contributed by atoms with E-state index in [1.807, 2.05) is 12.1 Å². The smallest absolute Gasteiger partial charge is 0.182 e. The van der Waals surface area contributed by atoms with Gasteiger partial charge < -0.3 is 10.5 Å². The maximum absolute atomic E-state index is 5.65. The Morgan fingerprint density at radius 1 is 1.31 bits per heavy atom. The van der Waals surface area contributed by atoms with Gasteiger partial charge in [0.2, 0.25) is 0 Å². The number of nitrogen functional groups attached to an aromatic ring is 1. The highest BCUT2D eigenvalue weighted by Crippen LogP contribution is 2.25. The molecule has 0 saturated carbocycles. The molecule has 4 nitrogen and oxygen atoms in total. The lowest BCUT2D eigenvalue weighted by Gasteiger charge is -2.12. The Morgan fingerprint density at radius 3 is 3.06 bits per heavy atom. The summed E-state index contributed by atoms with van der Waals surface area (Å²) in [5, 5.41) is 0.563. The fourth-order valence-corrected chi connectivity index (χ4v) is 2.45. The Hall–Kier alpha value is -1.46. The number of rotatable bonds is 1. The number of hydrogen-bond acceptors (Lipinski definition) is 5. The van der Waals surface area contributed by atoms with Crippen LogP contribution in [-0.4, -0.2) is 23.2 Å². The van der Waals surface area contributed by atoms with Crippen LogP contribution >= 0.6 is 11.3 Å². The summed E-state index contributed by atoms with van der Waals surface area (Å²) in [5.41, 5.74) is 8.63. The van der Waals surface area contributed by atoms with Crippen LogP contribution in [-0.2, 0) is 4.74 Å². The molecule has 1 aliphatic heterocycles. The van der Waals surface area contributed by atoms with E-state index in [0.29, 0.717) is 11.7 Å². The number of fused-ring (bicyclic) bond motifs is 1. The third kappa shape index (κ3) is 1.68. The Morgan fingerprint density at radius 2 is 2.25 bits per heavy atom. The van der Waals surface area contributed by atoms with E-state index < -0.39 is 0 Å². The summed E-state index contributed by atoms with van der Waals surface area (Å²) < 4.78 is 5.41. The number of hydrogen-bond donors (Lipinski definition) is 1. The minimum Gasteiger partial charge on any atom is -0.376 e. The Labute approximate surface area is 96.8 Å². The van der Waals surface area contributed by atoms with Crippen molar-refractivity contribution in [2.75, 3.05) is 18.9 Å². The van der Waals surface area contributed by atoms with Crippen LogP contribution in [0.2, 0.25) is 0 Å². The van der Waals surface area contributed by atoms with Crippen LogP contribution in [0.1, 0.15) is 12.1 Å². The molecule has 0 unspecified atom stereocenters. The molecule has 0 fully saturated rings. The van der Waals surface area contributed by atoms with Crippen molar-refractivity contribution in [3.05, 3.63) is 23.9 Å². The van der Waals surface area contributed by atoms with E-state index in [2.05, 4.69) is 16.0 Å². The van der Waals surface area contributed by atoms with Crippen molar-refractivity contribution in [3.63, 3.8) is 0 Å². The molecule has 0 atom stereocenters. The highest BCUT2D eigenvalue weighted by Gasteiger charge is 2.10. The van der Waals surface area contributed by atoms with Crippen LogP contribution in [0.25, 0.3) is 15.9 Å². The standard InChI is InChI=1S/C11H11N3OS/c12-11-14-9-4-3-8(13-10(9)16-11)7-2-1-5-15-6-7/h2-4H,1,5-6H2,(H2,12,14). The average molecular weight is 233 g/mol. The van der Waals surface area contributed by atoms with Gasteiger partial charge >= 0.3 is 0 Å². The molecule has 0 bridgehead atoms. The van der Waals surface area contributed by atoms with Crippen molar-refractivity contribution in [3.8, 4) is 0 Å². The lowest BCUT2D eigenvalue weighted by atomic mass is 10.1. The molecule has 0 amide bonds. The van der Waals surface area contributed by atoms with Gasteiger partial charge in [-0.15, -0.1) is 0 Å². The summed E-state index contributed by atoms with van der Waals surface area (Å²) >= 11 is 1.42. The van der Waals surface area contributed by atoms with Gasteiger partial charge in [-0.3, -0.25) is 0 Å². The molecule has 0 radical (unpaired) electrons. The van der Waals surface area contributed by atoms with Crippen molar-refractivity contribution >= 4 is 32.4 Å². The van der Waals surface area contributed by atoms with Crippen LogP contribution < -0.4 is 5.73 Å². The van der Waals surface area contributed by atoms with E-state index in [1.54, 1.807) is 0 Å². The van der Waals surface area contributed by atoms with E-state index in [1.165, 1.54) is 11.3 Å². The van der Waals surface area contributed by atoms with E-state index in [0.717, 1.165) is 34.6 Å². The molecule has 0 aromatic carbocycles. The molecular formula is C11H11N3OS. The van der Waals surface area contributed by atoms with Gasteiger partial charge in [0, 0.05) is 0 Å². The molecule has 0 saturated heterocycles. The zero-order chi connectivity index (χ0) is 11.0. The van der Waals surface area contributed by atoms with Gasteiger partial charge in [-0.25, -0.2) is 9.97 Å². The van der Waals surface area contributed by atoms with Crippen LogP contribution in [0.5, 0.6) is 0 Å². The summed E-state index contributed by atoms with van der Waals surface area (Å²) in [4.78, 5) is 9.62. The number of pyridine rings is 1. The highest BCUT2D eigenvalue weighted by molar-refractivity contribution is 7.21. The maximum atomic E-state index is 5.65. The first-order valence-corrected chi connectivity index (χ1v) is 5.95. The Kier molecular flexibility index (Phi) is 2.34. The number of thiazole rings is 1. The molecule has 82 valence electrons. The molecular weight excluding hydrogens is 222 g/mol. The van der Waals surface area contributed by atoms with Gasteiger partial charge in [-0.1, -0.05) is 17.4 Å². The van der Waals surface area contributed by atoms with Gasteiger partial charge in [-0.2, -0.15) is 0 Å². The SMILES string of the molecule is Nc1nc2ccc(C3=CCCOC3)nc2s1. The third-order valence-electron chi connectivity index (χ3n) is 2.51. The Bertz CT molecular complexity index is 561. The molecule has 5 heteroatoms. The number of ether oxygens (including phenoxy) is 1. The second kappa shape index (κ2) is 3.84. The summed E-state index contributed by atoms with van der Waals surface area (Å²) in [6.07, 6.45) is 3.14. The molecule has 2 N–H and O–H groups in total. The van der Waals surface area contributed by atoms with Crippen LogP contribution in [0, 0.1) is 0 Å². The van der Waals surface area contributed by atoms with Gasteiger partial charge in [0.15, 0.2) is 5.13 Å². The predicted octanol–water partition coefficient (Wildman–Crippen LogP) is 2.08. The first-order chi connectivity index (χ1) is 7.83. The van der Waals surface area contributed by atoms with Crippen molar-refractivity contribution in [1.82, 2.24) is 9.97 Å². The van der Waals surface area contributed by atoms with Gasteiger partial charge in [0.05, 0.1) is 18.9 Å². The molecule has 2 aromatic heterocycles. The second-order valence-electron chi connectivity index (χ2n) is 3.64. The van der Waals surface area contributed by atoms with Gasteiger partial charge in [0.1, 0.15) is 10.3 Å². The minimum atomic E-state index is 0.563. The van der Waals surface area contributed by atoms with Gasteiger partial charge in [0.25, 0.3) is 0 Å². The number of aromatic nitrogens is 2. The van der Waals surface area contributed by atoms with Crippen LogP contribution in [0.3, 0.4) is 0 Å². The second-order valence-corrected chi connectivity index (χ2v) is 4.65. The monoisotopic (exact) mass is 233 g/mol. The normalized spacial score (nSPS) is 16.4. The molecule has 3 heterocycles. The molecule has 0 aliphatic carbocycles. The lowest BCUT2D eigenvalue weighted by Crippen LogP contribution is -2.06. The number of nitrogens with two attached hydrogens (primary N) is 1. The molecule has 16 heavy (non-hydrogen) atoms. The lowest BCUT2D eigenvalue weighted by molar-refractivity contribution is 0.164. The summed E-state index contributed by atoms with van der Waals surface area (Å²) in [6, 6.07) is 3.93. The first kappa shape index (κ1) is 9.74.